The van der Waals surface area contributed by atoms with E-state index in [0.29, 0.717) is 5.82 Å². The van der Waals surface area contributed by atoms with E-state index in [4.69, 9.17) is 0 Å². The Morgan fingerprint density at radius 1 is 1.30 bits per heavy atom. The van der Waals surface area contributed by atoms with Crippen LogP contribution in [0, 0.1) is 0 Å². The number of alkyl halides is 3. The third kappa shape index (κ3) is 4.02. The molecule has 0 saturated heterocycles. The molecule has 2 heterocycles. The average Bonchev–Trinajstić information content (AvgIpc) is 3.25. The molecule has 0 aliphatic heterocycles. The summed E-state index contributed by atoms with van der Waals surface area (Å²) in [5.41, 5.74) is -1.20. The lowest BCUT2D eigenvalue weighted by Gasteiger charge is -2.16. The summed E-state index contributed by atoms with van der Waals surface area (Å²) in [5, 5.41) is 19.5. The van der Waals surface area contributed by atoms with Gasteiger partial charge in [-0.2, -0.15) is 18.3 Å². The van der Waals surface area contributed by atoms with E-state index in [9.17, 15) is 18.0 Å². The van der Waals surface area contributed by atoms with Crippen molar-refractivity contribution in [3.8, 4) is 5.69 Å². The number of hydrogen-bond donors (Lipinski definition) is 2. The SMILES string of the molecule is C[C@@H](NC(=O)Nc1ccc(-n2cncn2)c(C(F)(F)F)c1)c1nnnn1C. The molecule has 2 N–H and O–H groups in total. The summed E-state index contributed by atoms with van der Waals surface area (Å²) >= 11 is 0. The highest BCUT2D eigenvalue weighted by atomic mass is 19.4. The van der Waals surface area contributed by atoms with Gasteiger partial charge in [0.2, 0.25) is 0 Å². The number of hydrogen-bond acceptors (Lipinski definition) is 6. The maximum atomic E-state index is 13.4. The summed E-state index contributed by atoms with van der Waals surface area (Å²) in [6, 6.07) is 2.10. The van der Waals surface area contributed by atoms with Crippen LogP contribution in [0.15, 0.2) is 30.9 Å². The fourth-order valence-corrected chi connectivity index (χ4v) is 2.40. The number of carbonyl (C=O) groups excluding carboxylic acids is 1. The van der Waals surface area contributed by atoms with Crippen molar-refractivity contribution in [2.24, 2.45) is 7.05 Å². The summed E-state index contributed by atoms with van der Waals surface area (Å²) in [6.07, 6.45) is -2.36. The maximum Gasteiger partial charge on any atom is 0.418 e. The Bertz CT molecular complexity index is 936. The van der Waals surface area contributed by atoms with Crippen LogP contribution >= 0.6 is 0 Å². The number of aryl methyl sites for hydroxylation is 1. The number of amides is 2. The highest BCUT2D eigenvalue weighted by Gasteiger charge is 2.34. The van der Waals surface area contributed by atoms with Gasteiger partial charge >= 0.3 is 12.2 Å². The van der Waals surface area contributed by atoms with Crippen molar-refractivity contribution in [2.75, 3.05) is 5.32 Å². The number of tetrazole rings is 1. The first kappa shape index (κ1) is 18.3. The second kappa shape index (κ2) is 7.01. The number of benzene rings is 1. The summed E-state index contributed by atoms with van der Waals surface area (Å²) in [7, 11) is 1.60. The van der Waals surface area contributed by atoms with E-state index < -0.39 is 23.8 Å². The van der Waals surface area contributed by atoms with Crippen molar-refractivity contribution < 1.29 is 18.0 Å². The second-order valence-electron chi connectivity index (χ2n) is 5.55. The van der Waals surface area contributed by atoms with Gasteiger partial charge < -0.3 is 10.6 Å². The van der Waals surface area contributed by atoms with Crippen LogP contribution in [0.3, 0.4) is 0 Å². The normalized spacial score (nSPS) is 12.6. The van der Waals surface area contributed by atoms with Crippen LogP contribution in [0.25, 0.3) is 5.69 Å². The van der Waals surface area contributed by atoms with Gasteiger partial charge in [-0.3, -0.25) is 0 Å². The zero-order chi connectivity index (χ0) is 19.6. The molecule has 3 rings (SSSR count). The van der Waals surface area contributed by atoms with Gasteiger partial charge in [0.1, 0.15) is 12.7 Å². The fraction of sp³-hybridized carbons (Fsp3) is 0.286. The molecule has 10 nitrogen and oxygen atoms in total. The summed E-state index contributed by atoms with van der Waals surface area (Å²) in [6.45, 7) is 1.64. The highest BCUT2D eigenvalue weighted by Crippen LogP contribution is 2.35. The van der Waals surface area contributed by atoms with Crippen molar-refractivity contribution in [1.29, 1.82) is 0 Å². The average molecular weight is 381 g/mol. The molecule has 3 aromatic rings. The smallest absolute Gasteiger partial charge is 0.328 e. The predicted molar refractivity (Wildman–Crippen MR) is 85.7 cm³/mol. The van der Waals surface area contributed by atoms with E-state index in [1.807, 2.05) is 0 Å². The molecular weight excluding hydrogens is 367 g/mol. The molecule has 0 radical (unpaired) electrons. The summed E-state index contributed by atoms with van der Waals surface area (Å²) in [4.78, 5) is 15.7. The molecule has 13 heteroatoms. The van der Waals surface area contributed by atoms with Crippen LogP contribution in [0.4, 0.5) is 23.7 Å². The van der Waals surface area contributed by atoms with Crippen molar-refractivity contribution in [3.05, 3.63) is 42.2 Å². The van der Waals surface area contributed by atoms with Crippen molar-refractivity contribution in [3.63, 3.8) is 0 Å². The Labute approximate surface area is 150 Å². The van der Waals surface area contributed by atoms with Crippen molar-refractivity contribution in [2.45, 2.75) is 19.1 Å². The Balaban J connectivity index is 1.79. The zero-order valence-electron chi connectivity index (χ0n) is 14.1. The Morgan fingerprint density at radius 2 is 2.07 bits per heavy atom. The minimum absolute atomic E-state index is 0.0352. The Morgan fingerprint density at radius 3 is 2.67 bits per heavy atom. The number of nitrogens with one attached hydrogen (secondary N) is 2. The summed E-state index contributed by atoms with van der Waals surface area (Å²) < 4.78 is 42.5. The lowest BCUT2D eigenvalue weighted by Crippen LogP contribution is -2.32. The number of urea groups is 1. The number of rotatable bonds is 4. The van der Waals surface area contributed by atoms with Gasteiger partial charge in [0.25, 0.3) is 0 Å². The van der Waals surface area contributed by atoms with E-state index >= 15 is 0 Å². The minimum atomic E-state index is -4.65. The Hall–Kier alpha value is -3.51. The first-order valence-corrected chi connectivity index (χ1v) is 7.61. The lowest BCUT2D eigenvalue weighted by molar-refractivity contribution is -0.137. The molecular formula is C14H14F3N9O. The number of halogens is 3. The van der Waals surface area contributed by atoms with Gasteiger partial charge in [-0.15, -0.1) is 5.10 Å². The third-order valence-electron chi connectivity index (χ3n) is 3.61. The molecule has 27 heavy (non-hydrogen) atoms. The molecule has 0 unspecified atom stereocenters. The van der Waals surface area contributed by atoms with Gasteiger partial charge in [0, 0.05) is 12.7 Å². The molecule has 0 saturated carbocycles. The van der Waals surface area contributed by atoms with E-state index in [1.165, 1.54) is 16.8 Å². The second-order valence-corrected chi connectivity index (χ2v) is 5.55. The van der Waals surface area contributed by atoms with Gasteiger partial charge in [0.15, 0.2) is 5.82 Å². The van der Waals surface area contributed by atoms with Crippen molar-refractivity contribution >= 4 is 11.7 Å². The van der Waals surface area contributed by atoms with Gasteiger partial charge in [-0.25, -0.2) is 19.1 Å². The zero-order valence-corrected chi connectivity index (χ0v) is 14.1. The van der Waals surface area contributed by atoms with Crippen LogP contribution in [0.5, 0.6) is 0 Å². The molecule has 0 aliphatic rings. The molecule has 142 valence electrons. The highest BCUT2D eigenvalue weighted by molar-refractivity contribution is 5.89. The molecule has 0 bridgehead atoms. The Kier molecular flexibility index (Phi) is 4.75. The van der Waals surface area contributed by atoms with Crippen LogP contribution in [-0.2, 0) is 13.2 Å². The fourth-order valence-electron chi connectivity index (χ4n) is 2.40. The van der Waals surface area contributed by atoms with Crippen molar-refractivity contribution in [1.82, 2.24) is 40.3 Å². The maximum absolute atomic E-state index is 13.4. The van der Waals surface area contributed by atoms with Crippen LogP contribution in [-0.4, -0.2) is 41.0 Å². The number of anilines is 1. The topological polar surface area (TPSA) is 115 Å². The monoisotopic (exact) mass is 381 g/mol. The molecule has 0 fully saturated rings. The largest absolute Gasteiger partial charge is 0.418 e. The van der Waals surface area contributed by atoms with E-state index in [0.717, 1.165) is 23.4 Å². The molecule has 2 aromatic heterocycles. The number of carbonyl (C=O) groups is 1. The molecule has 0 aliphatic carbocycles. The standard InChI is InChI=1S/C14H14F3N9O/c1-8(12-22-23-24-25(12)2)20-13(27)21-9-3-4-11(26-7-18-6-19-26)10(5-9)14(15,16)17/h3-8H,1-2H3,(H2,20,21,27)/t8-/m1/s1. The predicted octanol–water partition coefficient (Wildman–Crippen LogP) is 1.69. The summed E-state index contributed by atoms with van der Waals surface area (Å²) in [5.74, 6) is 0.391. The molecule has 1 aromatic carbocycles. The van der Waals surface area contributed by atoms with E-state index in [1.54, 1.807) is 14.0 Å². The lowest BCUT2D eigenvalue weighted by atomic mass is 10.1. The van der Waals surface area contributed by atoms with Gasteiger partial charge in [0.05, 0.1) is 17.3 Å². The first-order valence-electron chi connectivity index (χ1n) is 7.61. The third-order valence-corrected chi connectivity index (χ3v) is 3.61. The van der Waals surface area contributed by atoms with Crippen LogP contribution < -0.4 is 10.6 Å². The minimum Gasteiger partial charge on any atom is -0.328 e. The van der Waals surface area contributed by atoms with E-state index in [2.05, 4.69) is 36.2 Å². The molecule has 0 spiro atoms. The molecule has 1 atom stereocenters. The van der Waals surface area contributed by atoms with Gasteiger partial charge in [-0.05, 0) is 35.5 Å². The number of nitrogens with zero attached hydrogens (tertiary/aromatic N) is 7. The van der Waals surface area contributed by atoms with Crippen LogP contribution in [0.2, 0.25) is 0 Å². The number of aromatic nitrogens is 7. The van der Waals surface area contributed by atoms with E-state index in [-0.39, 0.29) is 11.4 Å². The first-order chi connectivity index (χ1) is 12.8. The van der Waals surface area contributed by atoms with Gasteiger partial charge in [-0.1, -0.05) is 0 Å². The van der Waals surface area contributed by atoms with Crippen LogP contribution in [0.1, 0.15) is 24.4 Å². The molecule has 2 amide bonds. The quantitative estimate of drug-likeness (QED) is 0.711.